The minimum Gasteiger partial charge on any atom is -0.361 e. The molecule has 16 heavy (non-hydrogen) atoms. The quantitative estimate of drug-likeness (QED) is 0.793. The number of hydrogen-bond donors (Lipinski definition) is 0. The van der Waals surface area contributed by atoms with Crippen molar-refractivity contribution in [2.45, 2.75) is 13.1 Å². The van der Waals surface area contributed by atoms with Crippen LogP contribution in [-0.2, 0) is 13.1 Å². The predicted octanol–water partition coefficient (Wildman–Crippen LogP) is 1.46. The van der Waals surface area contributed by atoms with E-state index in [4.69, 9.17) is 0 Å². The number of aromatic nitrogens is 4. The second-order valence-electron chi connectivity index (χ2n) is 3.72. The first-order valence-corrected chi connectivity index (χ1v) is 5.84. The van der Waals surface area contributed by atoms with Gasteiger partial charge in [0.2, 0.25) is 0 Å². The molecular weight excluding hydrogens is 270 g/mol. The van der Waals surface area contributed by atoms with Crippen LogP contribution in [0.2, 0.25) is 0 Å². The number of pyridine rings is 1. The van der Waals surface area contributed by atoms with E-state index in [-0.39, 0.29) is 0 Å². The topological polar surface area (TPSA) is 46.8 Å². The second-order valence-corrected chi connectivity index (χ2v) is 4.64. The third kappa shape index (κ3) is 1.69. The Kier molecular flexibility index (Phi) is 2.36. The molecular formula is C10H10BrN5. The zero-order chi connectivity index (χ0) is 11.0. The van der Waals surface area contributed by atoms with Crippen LogP contribution < -0.4 is 4.90 Å². The molecule has 0 saturated heterocycles. The van der Waals surface area contributed by atoms with Gasteiger partial charge in [-0.1, -0.05) is 0 Å². The van der Waals surface area contributed by atoms with Crippen LogP contribution in [0.25, 0.3) is 0 Å². The molecule has 3 heterocycles. The van der Waals surface area contributed by atoms with Crippen molar-refractivity contribution in [1.82, 2.24) is 19.7 Å². The fourth-order valence-corrected chi connectivity index (χ4v) is 2.21. The van der Waals surface area contributed by atoms with E-state index in [0.717, 1.165) is 35.6 Å². The van der Waals surface area contributed by atoms with Crippen LogP contribution in [0.15, 0.2) is 29.3 Å². The number of hydrogen-bond acceptors (Lipinski definition) is 4. The molecule has 0 amide bonds. The standard InChI is InChI=1S/C10H10BrN5/c11-8-3-9(5-12-4-8)15-1-2-16-7-13-14-10(16)6-15/h3-5,7H,1-2,6H2. The maximum absolute atomic E-state index is 4.17. The summed E-state index contributed by atoms with van der Waals surface area (Å²) < 4.78 is 3.08. The Hall–Kier alpha value is -1.43. The maximum atomic E-state index is 4.17. The van der Waals surface area contributed by atoms with E-state index in [1.165, 1.54) is 0 Å². The summed E-state index contributed by atoms with van der Waals surface area (Å²) in [5.74, 6) is 1.01. The number of anilines is 1. The molecule has 0 aromatic carbocycles. The van der Waals surface area contributed by atoms with Gasteiger partial charge in [0.1, 0.15) is 6.33 Å². The van der Waals surface area contributed by atoms with E-state index >= 15 is 0 Å². The molecule has 0 aliphatic carbocycles. The van der Waals surface area contributed by atoms with Crippen LogP contribution in [0.5, 0.6) is 0 Å². The zero-order valence-corrected chi connectivity index (χ0v) is 10.1. The average Bonchev–Trinajstić information content (AvgIpc) is 2.75. The van der Waals surface area contributed by atoms with Gasteiger partial charge < -0.3 is 9.47 Å². The Morgan fingerprint density at radius 2 is 2.19 bits per heavy atom. The first kappa shape index (κ1) is 9.77. The van der Waals surface area contributed by atoms with E-state index in [1.54, 1.807) is 12.5 Å². The van der Waals surface area contributed by atoms with Gasteiger partial charge >= 0.3 is 0 Å². The molecule has 82 valence electrons. The van der Waals surface area contributed by atoms with E-state index in [2.05, 4.69) is 46.6 Å². The minimum atomic E-state index is 0.790. The number of halogens is 1. The third-order valence-electron chi connectivity index (χ3n) is 2.69. The highest BCUT2D eigenvalue weighted by molar-refractivity contribution is 9.10. The molecule has 1 aliphatic heterocycles. The summed E-state index contributed by atoms with van der Waals surface area (Å²) in [6.07, 6.45) is 5.44. The van der Waals surface area contributed by atoms with E-state index < -0.39 is 0 Å². The summed E-state index contributed by atoms with van der Waals surface area (Å²) in [5, 5.41) is 8.00. The van der Waals surface area contributed by atoms with Gasteiger partial charge in [-0.3, -0.25) is 4.98 Å². The van der Waals surface area contributed by atoms with Crippen molar-refractivity contribution >= 4 is 21.6 Å². The lowest BCUT2D eigenvalue weighted by Crippen LogP contribution is -2.33. The van der Waals surface area contributed by atoms with Gasteiger partial charge in [-0.05, 0) is 22.0 Å². The predicted molar refractivity (Wildman–Crippen MR) is 63.0 cm³/mol. The maximum Gasteiger partial charge on any atom is 0.152 e. The Balaban J connectivity index is 1.88. The van der Waals surface area contributed by atoms with E-state index in [1.807, 2.05) is 6.20 Å². The molecule has 0 atom stereocenters. The average molecular weight is 280 g/mol. The number of rotatable bonds is 1. The van der Waals surface area contributed by atoms with Crippen LogP contribution in [-0.4, -0.2) is 26.3 Å². The molecule has 6 heteroatoms. The van der Waals surface area contributed by atoms with Crippen LogP contribution in [0.4, 0.5) is 5.69 Å². The number of fused-ring (bicyclic) bond motifs is 1. The molecule has 1 aliphatic rings. The SMILES string of the molecule is Brc1cncc(N2CCn3cnnc3C2)c1. The highest BCUT2D eigenvalue weighted by Gasteiger charge is 2.17. The summed E-state index contributed by atoms with van der Waals surface area (Å²) in [7, 11) is 0. The molecule has 0 fully saturated rings. The monoisotopic (exact) mass is 279 g/mol. The Labute approximate surface area is 101 Å². The summed E-state index contributed by atoms with van der Waals surface area (Å²) in [6.45, 7) is 2.68. The Bertz CT molecular complexity index is 509. The van der Waals surface area contributed by atoms with Crippen molar-refractivity contribution in [3.05, 3.63) is 35.1 Å². The van der Waals surface area contributed by atoms with Gasteiger partial charge in [0, 0.05) is 23.8 Å². The lowest BCUT2D eigenvalue weighted by atomic mass is 10.3. The molecule has 3 rings (SSSR count). The van der Waals surface area contributed by atoms with Gasteiger partial charge in [-0.15, -0.1) is 10.2 Å². The van der Waals surface area contributed by atoms with E-state index in [0.29, 0.717) is 0 Å². The Morgan fingerprint density at radius 1 is 1.25 bits per heavy atom. The van der Waals surface area contributed by atoms with Gasteiger partial charge in [-0.2, -0.15) is 0 Å². The van der Waals surface area contributed by atoms with Gasteiger partial charge in [-0.25, -0.2) is 0 Å². The van der Waals surface area contributed by atoms with Crippen molar-refractivity contribution in [3.8, 4) is 0 Å². The van der Waals surface area contributed by atoms with Crippen molar-refractivity contribution in [2.24, 2.45) is 0 Å². The lowest BCUT2D eigenvalue weighted by Gasteiger charge is -2.28. The normalized spacial score (nSPS) is 14.9. The fraction of sp³-hybridized carbons (Fsp3) is 0.300. The largest absolute Gasteiger partial charge is 0.361 e. The van der Waals surface area contributed by atoms with Gasteiger partial charge in [0.25, 0.3) is 0 Å². The first-order valence-electron chi connectivity index (χ1n) is 5.05. The highest BCUT2D eigenvalue weighted by Crippen LogP contribution is 2.21. The summed E-state index contributed by atoms with van der Waals surface area (Å²) in [4.78, 5) is 6.42. The highest BCUT2D eigenvalue weighted by atomic mass is 79.9. The van der Waals surface area contributed by atoms with Crippen LogP contribution in [0.3, 0.4) is 0 Å². The van der Waals surface area contributed by atoms with Gasteiger partial charge in [0.15, 0.2) is 5.82 Å². The van der Waals surface area contributed by atoms with Crippen molar-refractivity contribution in [1.29, 1.82) is 0 Å². The van der Waals surface area contributed by atoms with Crippen molar-refractivity contribution in [2.75, 3.05) is 11.4 Å². The smallest absolute Gasteiger partial charge is 0.152 e. The molecule has 0 unspecified atom stereocenters. The number of nitrogens with zero attached hydrogens (tertiary/aromatic N) is 5. The van der Waals surface area contributed by atoms with E-state index in [9.17, 15) is 0 Å². The minimum absolute atomic E-state index is 0.790. The second kappa shape index (κ2) is 3.86. The van der Waals surface area contributed by atoms with Crippen molar-refractivity contribution in [3.63, 3.8) is 0 Å². The molecule has 5 nitrogen and oxygen atoms in total. The summed E-state index contributed by atoms with van der Waals surface area (Å²) >= 11 is 3.43. The van der Waals surface area contributed by atoms with Gasteiger partial charge in [0.05, 0.1) is 18.4 Å². The fourth-order valence-electron chi connectivity index (χ4n) is 1.86. The van der Waals surface area contributed by atoms with Crippen LogP contribution >= 0.6 is 15.9 Å². The van der Waals surface area contributed by atoms with Crippen molar-refractivity contribution < 1.29 is 0 Å². The van der Waals surface area contributed by atoms with Crippen LogP contribution in [0.1, 0.15) is 5.82 Å². The van der Waals surface area contributed by atoms with Crippen LogP contribution in [0, 0.1) is 0 Å². The summed E-state index contributed by atoms with van der Waals surface area (Å²) in [5.41, 5.74) is 1.11. The lowest BCUT2D eigenvalue weighted by molar-refractivity contribution is 0.559. The summed E-state index contributed by atoms with van der Waals surface area (Å²) in [6, 6.07) is 2.07. The molecule has 0 N–H and O–H groups in total. The molecule has 0 bridgehead atoms. The Morgan fingerprint density at radius 3 is 3.06 bits per heavy atom. The molecule has 0 spiro atoms. The molecule has 0 saturated carbocycles. The first-order chi connectivity index (χ1) is 7.83. The zero-order valence-electron chi connectivity index (χ0n) is 8.54. The molecule has 0 radical (unpaired) electrons. The molecule has 2 aromatic rings. The third-order valence-corrected chi connectivity index (χ3v) is 3.13. The molecule has 2 aromatic heterocycles.